The molecule has 2 N–H and O–H groups in total. The van der Waals surface area contributed by atoms with Gasteiger partial charge in [0.15, 0.2) is 5.82 Å². The summed E-state index contributed by atoms with van der Waals surface area (Å²) < 4.78 is 0. The molecule has 2 aromatic heterocycles. The number of anilines is 1. The van der Waals surface area contributed by atoms with Crippen LogP contribution in [0.3, 0.4) is 0 Å². The Morgan fingerprint density at radius 2 is 2.16 bits per heavy atom. The molecule has 0 saturated heterocycles. The van der Waals surface area contributed by atoms with Gasteiger partial charge in [-0.1, -0.05) is 18.5 Å². The van der Waals surface area contributed by atoms with E-state index in [1.165, 1.54) is 0 Å². The van der Waals surface area contributed by atoms with E-state index in [1.807, 2.05) is 20.8 Å². The monoisotopic (exact) mass is 278 g/mol. The number of carbonyl (C=O) groups excluding carboxylic acids is 1. The summed E-state index contributed by atoms with van der Waals surface area (Å²) >= 11 is 5.90. The van der Waals surface area contributed by atoms with E-state index in [1.54, 1.807) is 12.1 Å². The maximum Gasteiger partial charge on any atom is 0.257 e. The number of hydrogen-bond acceptors (Lipinski definition) is 3. The fraction of sp³-hybridized carbons (Fsp3) is 0.308. The molecule has 0 bridgehead atoms. The van der Waals surface area contributed by atoms with Crippen LogP contribution in [0.2, 0.25) is 5.15 Å². The number of aromatic amines is 1. The Balaban J connectivity index is 2.25. The van der Waals surface area contributed by atoms with Crippen molar-refractivity contribution in [3.05, 3.63) is 39.8 Å². The summed E-state index contributed by atoms with van der Waals surface area (Å²) in [6, 6.07) is 3.28. The molecule has 5 nitrogen and oxygen atoms in total. The molecule has 19 heavy (non-hydrogen) atoms. The second kappa shape index (κ2) is 5.40. The Morgan fingerprint density at radius 3 is 2.74 bits per heavy atom. The molecule has 2 rings (SSSR count). The Morgan fingerprint density at radius 1 is 1.42 bits per heavy atom. The van der Waals surface area contributed by atoms with Crippen molar-refractivity contribution in [2.24, 2.45) is 0 Å². The van der Waals surface area contributed by atoms with Crippen molar-refractivity contribution in [1.82, 2.24) is 15.2 Å². The van der Waals surface area contributed by atoms with E-state index in [-0.39, 0.29) is 5.91 Å². The molecule has 0 spiro atoms. The van der Waals surface area contributed by atoms with Crippen molar-refractivity contribution >= 4 is 23.3 Å². The van der Waals surface area contributed by atoms with Crippen molar-refractivity contribution in [1.29, 1.82) is 0 Å². The molecule has 6 heteroatoms. The average Bonchev–Trinajstić information content (AvgIpc) is 2.70. The fourth-order valence-electron chi connectivity index (χ4n) is 1.65. The molecule has 0 aliphatic carbocycles. The van der Waals surface area contributed by atoms with Crippen LogP contribution in [0.15, 0.2) is 12.1 Å². The lowest BCUT2D eigenvalue weighted by Gasteiger charge is -2.05. The third kappa shape index (κ3) is 2.93. The molecule has 0 atom stereocenters. The molecule has 100 valence electrons. The molecule has 0 aliphatic rings. The Labute approximate surface area is 116 Å². The quantitative estimate of drug-likeness (QED) is 0.848. The summed E-state index contributed by atoms with van der Waals surface area (Å²) in [5.74, 6) is 0.294. The minimum Gasteiger partial charge on any atom is -0.305 e. The van der Waals surface area contributed by atoms with Crippen LogP contribution in [0, 0.1) is 13.8 Å². The molecule has 0 saturated carbocycles. The normalized spacial score (nSPS) is 10.5. The van der Waals surface area contributed by atoms with Crippen LogP contribution in [-0.2, 0) is 6.42 Å². The standard InChI is InChI=1S/C13H15ClN4O/c1-4-10-5-9(6-11(14)15-10)13(19)16-12-7(2)8(3)17-18-12/h5-6H,4H2,1-3H3,(H2,16,17,18,19). The van der Waals surface area contributed by atoms with Crippen LogP contribution in [0.4, 0.5) is 5.82 Å². The molecule has 0 radical (unpaired) electrons. The predicted octanol–water partition coefficient (Wildman–Crippen LogP) is 2.89. The van der Waals surface area contributed by atoms with E-state index in [0.29, 0.717) is 16.5 Å². The minimum absolute atomic E-state index is 0.242. The molecule has 0 unspecified atom stereocenters. The number of aryl methyl sites for hydroxylation is 2. The molecular formula is C13H15ClN4O. The van der Waals surface area contributed by atoms with Gasteiger partial charge >= 0.3 is 0 Å². The number of hydrogen-bond donors (Lipinski definition) is 2. The summed E-state index contributed by atoms with van der Waals surface area (Å²) in [5, 5.41) is 9.94. The van der Waals surface area contributed by atoms with Gasteiger partial charge in [-0.05, 0) is 32.4 Å². The highest BCUT2D eigenvalue weighted by Gasteiger charge is 2.13. The van der Waals surface area contributed by atoms with E-state index in [2.05, 4.69) is 20.5 Å². The number of nitrogens with zero attached hydrogens (tertiary/aromatic N) is 2. The maximum atomic E-state index is 12.1. The zero-order valence-electron chi connectivity index (χ0n) is 11.0. The number of carbonyl (C=O) groups is 1. The van der Waals surface area contributed by atoms with Gasteiger partial charge in [-0.15, -0.1) is 0 Å². The number of H-pyrrole nitrogens is 1. The van der Waals surface area contributed by atoms with Crippen LogP contribution >= 0.6 is 11.6 Å². The number of rotatable bonds is 3. The lowest BCUT2D eigenvalue weighted by Crippen LogP contribution is -2.13. The van der Waals surface area contributed by atoms with E-state index in [9.17, 15) is 4.79 Å². The first-order valence-corrected chi connectivity index (χ1v) is 6.38. The van der Waals surface area contributed by atoms with Gasteiger partial charge in [0.05, 0.1) is 0 Å². The third-order valence-corrected chi connectivity index (χ3v) is 3.15. The first-order valence-electron chi connectivity index (χ1n) is 6.00. The third-order valence-electron chi connectivity index (χ3n) is 2.96. The summed E-state index contributed by atoms with van der Waals surface area (Å²) in [7, 11) is 0. The van der Waals surface area contributed by atoms with Crippen molar-refractivity contribution in [2.75, 3.05) is 5.32 Å². The van der Waals surface area contributed by atoms with Crippen LogP contribution in [0.1, 0.15) is 34.2 Å². The van der Waals surface area contributed by atoms with Crippen molar-refractivity contribution in [3.8, 4) is 0 Å². The summed E-state index contributed by atoms with van der Waals surface area (Å²) in [6.07, 6.45) is 0.724. The lowest BCUT2D eigenvalue weighted by atomic mass is 10.2. The zero-order chi connectivity index (χ0) is 14.0. The lowest BCUT2D eigenvalue weighted by molar-refractivity contribution is 0.102. The number of nitrogens with one attached hydrogen (secondary N) is 2. The highest BCUT2D eigenvalue weighted by atomic mass is 35.5. The van der Waals surface area contributed by atoms with Gasteiger partial charge in [-0.2, -0.15) is 5.10 Å². The number of aromatic nitrogens is 3. The largest absolute Gasteiger partial charge is 0.305 e. The molecule has 2 heterocycles. The van der Waals surface area contributed by atoms with Crippen LogP contribution in [-0.4, -0.2) is 21.1 Å². The number of pyridine rings is 1. The van der Waals surface area contributed by atoms with E-state index in [4.69, 9.17) is 11.6 Å². The van der Waals surface area contributed by atoms with Crippen molar-refractivity contribution < 1.29 is 4.79 Å². The summed E-state index contributed by atoms with van der Waals surface area (Å²) in [6.45, 7) is 5.75. The van der Waals surface area contributed by atoms with Gasteiger partial charge in [0.2, 0.25) is 0 Å². The predicted molar refractivity (Wildman–Crippen MR) is 74.6 cm³/mol. The summed E-state index contributed by atoms with van der Waals surface area (Å²) in [4.78, 5) is 16.3. The number of amides is 1. The summed E-state index contributed by atoms with van der Waals surface area (Å²) in [5.41, 5.74) is 3.12. The SMILES string of the molecule is CCc1cc(C(=O)Nc2n[nH]c(C)c2C)cc(Cl)n1. The van der Waals surface area contributed by atoms with Gasteiger partial charge < -0.3 is 5.32 Å². The molecule has 2 aromatic rings. The van der Waals surface area contributed by atoms with Gasteiger partial charge in [0, 0.05) is 22.5 Å². The van der Waals surface area contributed by atoms with E-state index in [0.717, 1.165) is 23.4 Å². The highest BCUT2D eigenvalue weighted by Crippen LogP contribution is 2.17. The molecule has 0 fully saturated rings. The molecular weight excluding hydrogens is 264 g/mol. The van der Waals surface area contributed by atoms with Crippen molar-refractivity contribution in [3.63, 3.8) is 0 Å². The van der Waals surface area contributed by atoms with Gasteiger partial charge in [0.25, 0.3) is 5.91 Å². The van der Waals surface area contributed by atoms with Crippen molar-refractivity contribution in [2.45, 2.75) is 27.2 Å². The van der Waals surface area contributed by atoms with Crippen LogP contribution in [0.5, 0.6) is 0 Å². The minimum atomic E-state index is -0.242. The molecule has 0 aromatic carbocycles. The smallest absolute Gasteiger partial charge is 0.257 e. The molecule has 1 amide bonds. The maximum absolute atomic E-state index is 12.1. The zero-order valence-corrected chi connectivity index (χ0v) is 11.8. The second-order valence-electron chi connectivity index (χ2n) is 4.30. The second-order valence-corrected chi connectivity index (χ2v) is 4.69. The van der Waals surface area contributed by atoms with E-state index < -0.39 is 0 Å². The van der Waals surface area contributed by atoms with Gasteiger partial charge in [0.1, 0.15) is 5.15 Å². The Bertz CT molecular complexity index is 621. The Hall–Kier alpha value is -1.88. The fourth-order valence-corrected chi connectivity index (χ4v) is 1.88. The van der Waals surface area contributed by atoms with Crippen LogP contribution < -0.4 is 5.32 Å². The first kappa shape index (κ1) is 13.5. The van der Waals surface area contributed by atoms with Gasteiger partial charge in [-0.25, -0.2) is 4.98 Å². The highest BCUT2D eigenvalue weighted by molar-refractivity contribution is 6.29. The first-order chi connectivity index (χ1) is 9.01. The number of halogens is 1. The Kier molecular flexibility index (Phi) is 3.85. The van der Waals surface area contributed by atoms with E-state index >= 15 is 0 Å². The average molecular weight is 279 g/mol. The topological polar surface area (TPSA) is 70.7 Å². The molecule has 0 aliphatic heterocycles. The van der Waals surface area contributed by atoms with Gasteiger partial charge in [-0.3, -0.25) is 9.89 Å². The van der Waals surface area contributed by atoms with Crippen LogP contribution in [0.25, 0.3) is 0 Å².